The Kier molecular flexibility index (Phi) is 42.5. The Morgan fingerprint density at radius 2 is 0.852 bits per heavy atom. The largest absolute Gasteiger partial charge is 0.462 e. The maximum atomic E-state index is 12.7. The molecule has 5 heteroatoms. The van der Waals surface area contributed by atoms with Crippen LogP contribution in [0.5, 0.6) is 0 Å². The van der Waals surface area contributed by atoms with E-state index in [-0.39, 0.29) is 25.2 Å². The van der Waals surface area contributed by atoms with Gasteiger partial charge in [-0.1, -0.05) is 177 Å². The van der Waals surface area contributed by atoms with Crippen molar-refractivity contribution in [2.45, 2.75) is 207 Å². The summed E-state index contributed by atoms with van der Waals surface area (Å²) in [6.07, 6.45) is 56.2. The molecule has 0 aliphatic heterocycles. The molecular weight excluding hydrogens is 669 g/mol. The van der Waals surface area contributed by atoms with Crippen LogP contribution in [-0.2, 0) is 23.8 Å². The van der Waals surface area contributed by atoms with Gasteiger partial charge in [0.15, 0.2) is 6.10 Å². The van der Waals surface area contributed by atoms with Crippen molar-refractivity contribution in [3.05, 3.63) is 72.9 Å². The third-order valence-corrected chi connectivity index (χ3v) is 9.23. The topological polar surface area (TPSA) is 61.8 Å². The quantitative estimate of drug-likeness (QED) is 0.0354. The number of hydrogen-bond donors (Lipinski definition) is 0. The van der Waals surface area contributed by atoms with E-state index in [1.165, 1.54) is 83.5 Å². The van der Waals surface area contributed by atoms with Crippen LogP contribution in [0.2, 0.25) is 0 Å². The average molecular weight is 753 g/mol. The fourth-order valence-electron chi connectivity index (χ4n) is 5.89. The second-order valence-electron chi connectivity index (χ2n) is 14.6. The maximum Gasteiger partial charge on any atom is 0.306 e. The monoisotopic (exact) mass is 753 g/mol. The summed E-state index contributed by atoms with van der Waals surface area (Å²) in [7, 11) is 0. The van der Waals surface area contributed by atoms with Gasteiger partial charge in [0.25, 0.3) is 0 Å². The van der Waals surface area contributed by atoms with Crippen LogP contribution in [0.3, 0.4) is 0 Å². The van der Waals surface area contributed by atoms with E-state index in [0.717, 1.165) is 83.5 Å². The van der Waals surface area contributed by atoms with Gasteiger partial charge in [-0.05, 0) is 83.5 Å². The first kappa shape index (κ1) is 51.3. The van der Waals surface area contributed by atoms with E-state index >= 15 is 0 Å². The van der Waals surface area contributed by atoms with E-state index in [1.54, 1.807) is 0 Å². The molecule has 0 fully saturated rings. The van der Waals surface area contributed by atoms with Gasteiger partial charge in [-0.15, -0.1) is 0 Å². The van der Waals surface area contributed by atoms with Crippen LogP contribution in [0, 0.1) is 0 Å². The Morgan fingerprint density at radius 3 is 1.43 bits per heavy atom. The molecule has 5 nitrogen and oxygen atoms in total. The Balaban J connectivity index is 4.31. The normalized spacial score (nSPS) is 12.9. The molecule has 0 aromatic heterocycles. The summed E-state index contributed by atoms with van der Waals surface area (Å²) in [5.74, 6) is -0.478. The van der Waals surface area contributed by atoms with Gasteiger partial charge in [0.2, 0.25) is 0 Å². The number of esters is 2. The van der Waals surface area contributed by atoms with Gasteiger partial charge in [-0.2, -0.15) is 0 Å². The summed E-state index contributed by atoms with van der Waals surface area (Å²) in [4.78, 5) is 25.2. The minimum absolute atomic E-state index is 0.0514. The fraction of sp³-hybridized carbons (Fsp3) is 0.714. The van der Waals surface area contributed by atoms with Gasteiger partial charge in [-0.3, -0.25) is 9.59 Å². The van der Waals surface area contributed by atoms with Gasteiger partial charge in [0.05, 0.1) is 6.61 Å². The van der Waals surface area contributed by atoms with Crippen LogP contribution >= 0.6 is 0 Å². The zero-order valence-corrected chi connectivity index (χ0v) is 35.5. The molecule has 0 aromatic rings. The molecule has 0 aliphatic carbocycles. The van der Waals surface area contributed by atoms with Crippen LogP contribution in [0.25, 0.3) is 0 Å². The van der Waals surface area contributed by atoms with Crippen LogP contribution in [-0.4, -0.2) is 37.9 Å². The van der Waals surface area contributed by atoms with Crippen LogP contribution in [0.15, 0.2) is 72.9 Å². The highest BCUT2D eigenvalue weighted by Crippen LogP contribution is 2.12. The molecule has 0 aromatic carbocycles. The van der Waals surface area contributed by atoms with Crippen molar-refractivity contribution in [1.29, 1.82) is 0 Å². The fourth-order valence-corrected chi connectivity index (χ4v) is 5.89. The van der Waals surface area contributed by atoms with Gasteiger partial charge in [0.1, 0.15) is 6.61 Å². The van der Waals surface area contributed by atoms with Crippen LogP contribution in [0.4, 0.5) is 0 Å². The van der Waals surface area contributed by atoms with E-state index in [4.69, 9.17) is 14.2 Å². The third kappa shape index (κ3) is 42.1. The molecule has 0 aliphatic rings. The van der Waals surface area contributed by atoms with E-state index in [1.807, 2.05) is 0 Å². The number of carbonyl (C=O) groups is 2. The molecule has 0 spiro atoms. The van der Waals surface area contributed by atoms with E-state index in [2.05, 4.69) is 93.7 Å². The molecule has 0 heterocycles. The predicted molar refractivity (Wildman–Crippen MR) is 233 cm³/mol. The zero-order chi connectivity index (χ0) is 39.3. The maximum absolute atomic E-state index is 12.7. The van der Waals surface area contributed by atoms with Crippen molar-refractivity contribution in [2.24, 2.45) is 0 Å². The molecule has 0 N–H and O–H groups in total. The lowest BCUT2D eigenvalue weighted by molar-refractivity contribution is -0.163. The van der Waals surface area contributed by atoms with Gasteiger partial charge in [0, 0.05) is 19.4 Å². The van der Waals surface area contributed by atoms with Gasteiger partial charge < -0.3 is 14.2 Å². The Labute approximate surface area is 334 Å². The summed E-state index contributed by atoms with van der Waals surface area (Å²) in [6, 6.07) is 0. The molecule has 310 valence electrons. The standard InChI is InChI=1S/C49H84O5/c1-4-7-10-13-16-19-21-23-24-25-26-28-29-31-33-36-39-42-48(50)53-46-47(45-52-44-41-38-35-18-15-12-9-6-3)54-49(51)43-40-37-34-32-30-27-22-20-17-14-11-8-5-2/h7,10,16,19-20,22-24,26,28,31,33,47H,4-6,8-9,11-15,17-18,21,25,27,29-30,32,34-46H2,1-3H3/b10-7-,19-16-,22-20-,24-23-,28-26-,33-31-. The van der Waals surface area contributed by atoms with Crippen molar-refractivity contribution in [3.8, 4) is 0 Å². The summed E-state index contributed by atoms with van der Waals surface area (Å²) in [5.41, 5.74) is 0. The summed E-state index contributed by atoms with van der Waals surface area (Å²) >= 11 is 0. The molecule has 0 amide bonds. The number of unbranched alkanes of at least 4 members (excludes halogenated alkanes) is 17. The number of hydrogen-bond acceptors (Lipinski definition) is 5. The predicted octanol–water partition coefficient (Wildman–Crippen LogP) is 14.8. The molecule has 54 heavy (non-hydrogen) atoms. The SMILES string of the molecule is CC/C=C\C/C=C\C/C=C\C/C=C\C/C=C\CCCC(=O)OCC(COCCCCCCCCCC)OC(=O)CCCCCCC/C=C\CCCCCC. The summed E-state index contributed by atoms with van der Waals surface area (Å²) in [6.45, 7) is 7.60. The van der Waals surface area contributed by atoms with Gasteiger partial charge in [-0.25, -0.2) is 0 Å². The minimum atomic E-state index is -0.560. The van der Waals surface area contributed by atoms with Crippen LogP contribution in [0.1, 0.15) is 201 Å². The molecular formula is C49H84O5. The van der Waals surface area contributed by atoms with E-state index < -0.39 is 6.10 Å². The molecule has 0 radical (unpaired) electrons. The van der Waals surface area contributed by atoms with Crippen LogP contribution < -0.4 is 0 Å². The van der Waals surface area contributed by atoms with Gasteiger partial charge >= 0.3 is 11.9 Å². The molecule has 0 saturated heterocycles. The van der Waals surface area contributed by atoms with Crippen molar-refractivity contribution >= 4 is 11.9 Å². The molecule has 0 rings (SSSR count). The van der Waals surface area contributed by atoms with Crippen molar-refractivity contribution in [1.82, 2.24) is 0 Å². The molecule has 0 saturated carbocycles. The zero-order valence-electron chi connectivity index (χ0n) is 35.5. The first-order chi connectivity index (χ1) is 26.6. The second kappa shape index (κ2) is 44.7. The van der Waals surface area contributed by atoms with E-state index in [9.17, 15) is 9.59 Å². The molecule has 1 unspecified atom stereocenters. The first-order valence-corrected chi connectivity index (χ1v) is 22.5. The average Bonchev–Trinajstić information content (AvgIpc) is 3.17. The van der Waals surface area contributed by atoms with E-state index in [0.29, 0.717) is 19.4 Å². The Morgan fingerprint density at radius 1 is 0.426 bits per heavy atom. The highest BCUT2D eigenvalue weighted by molar-refractivity contribution is 5.70. The molecule has 1 atom stereocenters. The lowest BCUT2D eigenvalue weighted by Crippen LogP contribution is -2.30. The second-order valence-corrected chi connectivity index (χ2v) is 14.6. The number of allylic oxidation sites excluding steroid dienone is 12. The van der Waals surface area contributed by atoms with Crippen molar-refractivity contribution < 1.29 is 23.8 Å². The highest BCUT2D eigenvalue weighted by atomic mass is 16.6. The number of rotatable bonds is 40. The lowest BCUT2D eigenvalue weighted by Gasteiger charge is -2.18. The summed E-state index contributed by atoms with van der Waals surface area (Å²) < 4.78 is 17.2. The Bertz CT molecular complexity index is 988. The summed E-state index contributed by atoms with van der Waals surface area (Å²) in [5, 5.41) is 0. The first-order valence-electron chi connectivity index (χ1n) is 22.5. The third-order valence-electron chi connectivity index (χ3n) is 9.23. The van der Waals surface area contributed by atoms with Crippen molar-refractivity contribution in [3.63, 3.8) is 0 Å². The number of ether oxygens (including phenoxy) is 3. The Hall–Kier alpha value is -2.66. The van der Waals surface area contributed by atoms with Crippen molar-refractivity contribution in [2.75, 3.05) is 19.8 Å². The molecule has 0 bridgehead atoms. The highest BCUT2D eigenvalue weighted by Gasteiger charge is 2.17. The lowest BCUT2D eigenvalue weighted by atomic mass is 10.1. The number of carbonyl (C=O) groups excluding carboxylic acids is 2. The smallest absolute Gasteiger partial charge is 0.306 e. The minimum Gasteiger partial charge on any atom is -0.462 e.